The van der Waals surface area contributed by atoms with E-state index in [9.17, 15) is 9.90 Å². The summed E-state index contributed by atoms with van der Waals surface area (Å²) < 4.78 is 0. The normalized spacial score (nSPS) is 16.7. The van der Waals surface area contributed by atoms with Gasteiger partial charge in [-0.05, 0) is 48.1 Å². The van der Waals surface area contributed by atoms with Gasteiger partial charge in [0.2, 0.25) is 0 Å². The number of rotatable bonds is 3. The molecule has 2 aromatic carbocycles. The molecule has 3 nitrogen and oxygen atoms in total. The van der Waals surface area contributed by atoms with Crippen LogP contribution in [0.1, 0.15) is 30.5 Å². The fraction of sp³-hybridized carbons (Fsp3) is 0.278. The fourth-order valence-corrected chi connectivity index (χ4v) is 2.95. The molecule has 0 saturated heterocycles. The predicted octanol–water partition coefficient (Wildman–Crippen LogP) is 3.19. The molecule has 2 unspecified atom stereocenters. The van der Waals surface area contributed by atoms with Crippen LogP contribution in [-0.4, -0.2) is 16.2 Å². The first kappa shape index (κ1) is 13.8. The summed E-state index contributed by atoms with van der Waals surface area (Å²) in [4.78, 5) is 11.2. The Morgan fingerprint density at radius 3 is 2.52 bits per heavy atom. The van der Waals surface area contributed by atoms with Crippen LogP contribution in [0.2, 0.25) is 0 Å². The lowest BCUT2D eigenvalue weighted by molar-refractivity contribution is -0.150. The molecule has 0 aromatic heterocycles. The second-order valence-corrected chi connectivity index (χ2v) is 5.91. The standard InChI is InChI=1S/C18H18O3/c1-11(17(19)20)18(2,21)14-7-8-16-13(10-14)9-12-5-3-4-6-15(12)16/h3-8,10-11,21H,9H2,1-2H3,(H,19,20). The summed E-state index contributed by atoms with van der Waals surface area (Å²) >= 11 is 0. The first-order chi connectivity index (χ1) is 9.91. The molecule has 1 aliphatic carbocycles. The Balaban J connectivity index is 2.03. The zero-order chi connectivity index (χ0) is 15.2. The van der Waals surface area contributed by atoms with E-state index in [-0.39, 0.29) is 0 Å². The van der Waals surface area contributed by atoms with Crippen LogP contribution in [0.5, 0.6) is 0 Å². The monoisotopic (exact) mass is 282 g/mol. The minimum Gasteiger partial charge on any atom is -0.481 e. The summed E-state index contributed by atoms with van der Waals surface area (Å²) in [6, 6.07) is 14.0. The van der Waals surface area contributed by atoms with E-state index in [0.717, 1.165) is 12.0 Å². The molecule has 0 bridgehead atoms. The molecule has 2 atom stereocenters. The molecule has 0 aliphatic heterocycles. The third-order valence-corrected chi connectivity index (χ3v) is 4.59. The summed E-state index contributed by atoms with van der Waals surface area (Å²) in [5.74, 6) is -1.86. The predicted molar refractivity (Wildman–Crippen MR) is 81.1 cm³/mol. The second-order valence-electron chi connectivity index (χ2n) is 5.91. The highest BCUT2D eigenvalue weighted by molar-refractivity contribution is 5.77. The van der Waals surface area contributed by atoms with Gasteiger partial charge in [-0.2, -0.15) is 0 Å². The van der Waals surface area contributed by atoms with Crippen LogP contribution in [0.3, 0.4) is 0 Å². The number of carboxylic acids is 1. The van der Waals surface area contributed by atoms with Gasteiger partial charge >= 0.3 is 5.97 Å². The van der Waals surface area contributed by atoms with E-state index in [0.29, 0.717) is 5.56 Å². The van der Waals surface area contributed by atoms with Gasteiger partial charge in [0.05, 0.1) is 11.5 Å². The van der Waals surface area contributed by atoms with Crippen LogP contribution in [-0.2, 0) is 16.8 Å². The molecular weight excluding hydrogens is 264 g/mol. The lowest BCUT2D eigenvalue weighted by Crippen LogP contribution is -2.35. The SMILES string of the molecule is CC(C(=O)O)C(C)(O)c1ccc2c(c1)Cc1ccccc1-2. The third kappa shape index (κ3) is 2.14. The minimum absolute atomic E-state index is 0.656. The summed E-state index contributed by atoms with van der Waals surface area (Å²) in [5.41, 5.74) is 4.10. The Morgan fingerprint density at radius 2 is 1.81 bits per heavy atom. The van der Waals surface area contributed by atoms with E-state index >= 15 is 0 Å². The summed E-state index contributed by atoms with van der Waals surface area (Å²) in [6.45, 7) is 3.10. The highest BCUT2D eigenvalue weighted by atomic mass is 16.4. The van der Waals surface area contributed by atoms with Crippen molar-refractivity contribution in [2.24, 2.45) is 5.92 Å². The maximum atomic E-state index is 11.2. The van der Waals surface area contributed by atoms with E-state index in [2.05, 4.69) is 12.1 Å². The number of hydrogen-bond donors (Lipinski definition) is 2. The zero-order valence-electron chi connectivity index (χ0n) is 12.1. The van der Waals surface area contributed by atoms with Crippen molar-refractivity contribution in [3.05, 3.63) is 59.2 Å². The van der Waals surface area contributed by atoms with Crippen LogP contribution >= 0.6 is 0 Å². The molecule has 2 N–H and O–H groups in total. The molecule has 0 spiro atoms. The smallest absolute Gasteiger partial charge is 0.309 e. The van der Waals surface area contributed by atoms with Crippen molar-refractivity contribution < 1.29 is 15.0 Å². The highest BCUT2D eigenvalue weighted by Crippen LogP contribution is 2.39. The van der Waals surface area contributed by atoms with Crippen LogP contribution in [0.15, 0.2) is 42.5 Å². The number of hydrogen-bond acceptors (Lipinski definition) is 2. The molecule has 2 aromatic rings. The van der Waals surface area contributed by atoms with Crippen molar-refractivity contribution in [3.63, 3.8) is 0 Å². The van der Waals surface area contributed by atoms with Gasteiger partial charge in [-0.3, -0.25) is 4.79 Å². The van der Waals surface area contributed by atoms with Gasteiger partial charge in [-0.25, -0.2) is 0 Å². The molecule has 0 saturated carbocycles. The van der Waals surface area contributed by atoms with Crippen LogP contribution in [0.25, 0.3) is 11.1 Å². The van der Waals surface area contributed by atoms with E-state index in [4.69, 9.17) is 5.11 Å². The highest BCUT2D eigenvalue weighted by Gasteiger charge is 2.36. The molecular formula is C18H18O3. The Hall–Kier alpha value is -2.13. The van der Waals surface area contributed by atoms with Crippen molar-refractivity contribution in [1.82, 2.24) is 0 Å². The lowest BCUT2D eigenvalue weighted by atomic mass is 9.83. The lowest BCUT2D eigenvalue weighted by Gasteiger charge is -2.28. The number of benzene rings is 2. The van der Waals surface area contributed by atoms with Gasteiger partial charge in [0.15, 0.2) is 0 Å². The van der Waals surface area contributed by atoms with Gasteiger partial charge in [0.1, 0.15) is 0 Å². The molecule has 3 rings (SSSR count). The van der Waals surface area contributed by atoms with E-state index in [1.54, 1.807) is 6.92 Å². The van der Waals surface area contributed by atoms with Crippen molar-refractivity contribution in [2.45, 2.75) is 25.9 Å². The number of aliphatic carboxylic acids is 1. The maximum Gasteiger partial charge on any atom is 0.309 e. The van der Waals surface area contributed by atoms with Gasteiger partial charge in [-0.15, -0.1) is 0 Å². The molecule has 3 heteroatoms. The Kier molecular flexibility index (Phi) is 3.10. The quantitative estimate of drug-likeness (QED) is 0.775. The van der Waals surface area contributed by atoms with Crippen molar-refractivity contribution in [3.8, 4) is 11.1 Å². The van der Waals surface area contributed by atoms with Crippen LogP contribution in [0.4, 0.5) is 0 Å². The first-order valence-corrected chi connectivity index (χ1v) is 7.08. The number of fused-ring (bicyclic) bond motifs is 3. The number of carbonyl (C=O) groups is 1. The molecule has 0 heterocycles. The minimum atomic E-state index is -1.38. The average molecular weight is 282 g/mol. The van der Waals surface area contributed by atoms with E-state index in [1.165, 1.54) is 23.6 Å². The van der Waals surface area contributed by atoms with Crippen LogP contribution < -0.4 is 0 Å². The van der Waals surface area contributed by atoms with Gasteiger partial charge in [0, 0.05) is 0 Å². The Bertz CT molecular complexity index is 716. The molecule has 0 radical (unpaired) electrons. The topological polar surface area (TPSA) is 57.5 Å². The first-order valence-electron chi connectivity index (χ1n) is 7.08. The van der Waals surface area contributed by atoms with E-state index < -0.39 is 17.5 Å². The third-order valence-electron chi connectivity index (χ3n) is 4.59. The van der Waals surface area contributed by atoms with Crippen molar-refractivity contribution >= 4 is 5.97 Å². The Morgan fingerprint density at radius 1 is 1.14 bits per heavy atom. The molecule has 21 heavy (non-hydrogen) atoms. The van der Waals surface area contributed by atoms with Crippen molar-refractivity contribution in [2.75, 3.05) is 0 Å². The van der Waals surface area contributed by atoms with Crippen molar-refractivity contribution in [1.29, 1.82) is 0 Å². The second kappa shape index (κ2) is 4.71. The number of aliphatic hydroxyl groups is 1. The average Bonchev–Trinajstić information content (AvgIpc) is 2.83. The number of carboxylic acid groups (broad SMARTS) is 1. The van der Waals surface area contributed by atoms with Crippen LogP contribution in [0, 0.1) is 5.92 Å². The Labute approximate surface area is 123 Å². The largest absolute Gasteiger partial charge is 0.481 e. The fourth-order valence-electron chi connectivity index (χ4n) is 2.95. The maximum absolute atomic E-state index is 11.2. The van der Waals surface area contributed by atoms with Gasteiger partial charge in [-0.1, -0.05) is 42.5 Å². The molecule has 0 fully saturated rings. The summed E-state index contributed by atoms with van der Waals surface area (Å²) in [5, 5.41) is 19.7. The van der Waals surface area contributed by atoms with E-state index in [1.807, 2.05) is 30.3 Å². The van der Waals surface area contributed by atoms with Gasteiger partial charge < -0.3 is 10.2 Å². The summed E-state index contributed by atoms with van der Waals surface area (Å²) in [7, 11) is 0. The summed E-state index contributed by atoms with van der Waals surface area (Å²) in [6.07, 6.45) is 0.830. The zero-order valence-corrected chi connectivity index (χ0v) is 12.1. The molecule has 1 aliphatic rings. The van der Waals surface area contributed by atoms with Gasteiger partial charge in [0.25, 0.3) is 0 Å². The molecule has 108 valence electrons. The molecule has 0 amide bonds.